The highest BCUT2D eigenvalue weighted by Crippen LogP contribution is 2.34. The Bertz CT molecular complexity index is 1060. The quantitative estimate of drug-likeness (QED) is 0.738. The van der Waals surface area contributed by atoms with E-state index < -0.39 is 6.04 Å². The zero-order valence-corrected chi connectivity index (χ0v) is 16.9. The highest BCUT2D eigenvalue weighted by molar-refractivity contribution is 5.96. The second-order valence-corrected chi connectivity index (χ2v) is 7.89. The van der Waals surface area contributed by atoms with Gasteiger partial charge in [-0.05, 0) is 16.7 Å². The number of rotatable bonds is 4. The Labute approximate surface area is 169 Å². The molecule has 1 N–H and O–H groups in total. The Hall–Kier alpha value is -3.15. The topological polar surface area (TPSA) is 75.4 Å². The number of carbonyl (C=O) groups excluding carboxylic acids is 2. The molecule has 1 aliphatic rings. The lowest BCUT2D eigenvalue weighted by atomic mass is 9.96. The van der Waals surface area contributed by atoms with Crippen LogP contribution in [0.15, 0.2) is 47.0 Å². The molecule has 1 aromatic heterocycles. The van der Waals surface area contributed by atoms with Gasteiger partial charge in [-0.1, -0.05) is 61.5 Å². The standard InChI is InChI=1S/C23H25N3O3/c1-14(2)21(24-15(3)27)23(28)26-12-11-20-19(13-26)22(25-29-20)18-10-6-8-16-7-4-5-9-17(16)18/h4-10,14,21H,11-13H2,1-3H3,(H,24,27)/t21-/m1/s1. The Kier molecular flexibility index (Phi) is 5.09. The van der Waals surface area contributed by atoms with E-state index in [4.69, 9.17) is 4.52 Å². The molecule has 1 atom stereocenters. The lowest BCUT2D eigenvalue weighted by Crippen LogP contribution is -2.51. The number of carbonyl (C=O) groups is 2. The average molecular weight is 391 g/mol. The number of nitrogens with zero attached hydrogens (tertiary/aromatic N) is 2. The molecular formula is C23H25N3O3. The van der Waals surface area contributed by atoms with E-state index >= 15 is 0 Å². The van der Waals surface area contributed by atoms with E-state index in [2.05, 4.69) is 28.7 Å². The summed E-state index contributed by atoms with van der Waals surface area (Å²) in [6.45, 7) is 6.30. The second-order valence-electron chi connectivity index (χ2n) is 7.89. The predicted molar refractivity (Wildman–Crippen MR) is 111 cm³/mol. The molecule has 0 saturated carbocycles. The number of benzene rings is 2. The molecule has 6 nitrogen and oxygen atoms in total. The zero-order valence-electron chi connectivity index (χ0n) is 16.9. The van der Waals surface area contributed by atoms with Crippen LogP contribution in [0.5, 0.6) is 0 Å². The van der Waals surface area contributed by atoms with E-state index in [1.54, 1.807) is 4.90 Å². The molecule has 2 heterocycles. The van der Waals surface area contributed by atoms with E-state index in [0.717, 1.165) is 33.4 Å². The first-order chi connectivity index (χ1) is 14.0. The summed E-state index contributed by atoms with van der Waals surface area (Å²) in [7, 11) is 0. The summed E-state index contributed by atoms with van der Waals surface area (Å²) >= 11 is 0. The first-order valence-electron chi connectivity index (χ1n) is 9.97. The minimum Gasteiger partial charge on any atom is -0.360 e. The minimum atomic E-state index is -0.532. The molecule has 3 aromatic rings. The Morgan fingerprint density at radius 3 is 2.66 bits per heavy atom. The van der Waals surface area contributed by atoms with Gasteiger partial charge < -0.3 is 14.7 Å². The fraction of sp³-hybridized carbons (Fsp3) is 0.348. The monoisotopic (exact) mass is 391 g/mol. The van der Waals surface area contributed by atoms with Gasteiger partial charge >= 0.3 is 0 Å². The molecule has 0 radical (unpaired) electrons. The van der Waals surface area contributed by atoms with Gasteiger partial charge in [-0.25, -0.2) is 0 Å². The summed E-state index contributed by atoms with van der Waals surface area (Å²) in [5.41, 5.74) is 2.74. The van der Waals surface area contributed by atoms with Crippen molar-refractivity contribution in [1.82, 2.24) is 15.4 Å². The Morgan fingerprint density at radius 1 is 1.14 bits per heavy atom. The van der Waals surface area contributed by atoms with Gasteiger partial charge in [0.05, 0.1) is 6.54 Å². The number of amides is 2. The van der Waals surface area contributed by atoms with Crippen molar-refractivity contribution in [3.05, 3.63) is 53.8 Å². The van der Waals surface area contributed by atoms with E-state index in [1.807, 2.05) is 38.1 Å². The molecule has 4 rings (SSSR count). The lowest BCUT2D eigenvalue weighted by Gasteiger charge is -2.31. The Balaban J connectivity index is 1.68. The fourth-order valence-corrected chi connectivity index (χ4v) is 3.97. The van der Waals surface area contributed by atoms with Crippen LogP contribution in [0.1, 0.15) is 32.1 Å². The first kappa shape index (κ1) is 19.2. The minimum absolute atomic E-state index is 0.00723. The summed E-state index contributed by atoms with van der Waals surface area (Å²) in [6.07, 6.45) is 0.615. The van der Waals surface area contributed by atoms with Crippen LogP contribution in [0.3, 0.4) is 0 Å². The summed E-state index contributed by atoms with van der Waals surface area (Å²) in [6, 6.07) is 13.8. The number of aromatic nitrogens is 1. The van der Waals surface area contributed by atoms with Gasteiger partial charge in [0.2, 0.25) is 11.8 Å². The van der Waals surface area contributed by atoms with Crippen LogP contribution in [-0.2, 0) is 22.6 Å². The summed E-state index contributed by atoms with van der Waals surface area (Å²) in [5.74, 6) is 0.576. The molecule has 150 valence electrons. The van der Waals surface area contributed by atoms with Crippen LogP contribution in [0.2, 0.25) is 0 Å². The van der Waals surface area contributed by atoms with E-state index in [9.17, 15) is 9.59 Å². The maximum Gasteiger partial charge on any atom is 0.245 e. The fourth-order valence-electron chi connectivity index (χ4n) is 3.97. The number of hydrogen-bond acceptors (Lipinski definition) is 4. The largest absolute Gasteiger partial charge is 0.360 e. The number of nitrogens with one attached hydrogen (secondary N) is 1. The number of hydrogen-bond donors (Lipinski definition) is 1. The maximum atomic E-state index is 13.1. The molecule has 0 saturated heterocycles. The van der Waals surface area contributed by atoms with Gasteiger partial charge in [0.15, 0.2) is 0 Å². The highest BCUT2D eigenvalue weighted by atomic mass is 16.5. The van der Waals surface area contributed by atoms with Gasteiger partial charge in [-0.15, -0.1) is 0 Å². The van der Waals surface area contributed by atoms with Crippen LogP contribution >= 0.6 is 0 Å². The summed E-state index contributed by atoms with van der Waals surface area (Å²) < 4.78 is 5.63. The van der Waals surface area contributed by atoms with Crippen LogP contribution in [0, 0.1) is 5.92 Å². The van der Waals surface area contributed by atoms with Gasteiger partial charge in [-0.3, -0.25) is 9.59 Å². The van der Waals surface area contributed by atoms with Crippen LogP contribution in [-0.4, -0.2) is 34.5 Å². The van der Waals surface area contributed by atoms with Crippen molar-refractivity contribution in [2.45, 2.75) is 39.8 Å². The number of fused-ring (bicyclic) bond motifs is 2. The summed E-state index contributed by atoms with van der Waals surface area (Å²) in [4.78, 5) is 26.5. The molecule has 2 aromatic carbocycles. The maximum absolute atomic E-state index is 13.1. The lowest BCUT2D eigenvalue weighted by molar-refractivity contribution is -0.138. The molecule has 29 heavy (non-hydrogen) atoms. The van der Waals surface area contributed by atoms with E-state index in [0.29, 0.717) is 19.5 Å². The third-order valence-corrected chi connectivity index (χ3v) is 5.48. The van der Waals surface area contributed by atoms with Crippen molar-refractivity contribution in [3.8, 4) is 11.3 Å². The molecule has 0 aliphatic carbocycles. The second kappa shape index (κ2) is 7.70. The predicted octanol–water partition coefficient (Wildman–Crippen LogP) is 3.54. The van der Waals surface area contributed by atoms with Crippen molar-refractivity contribution < 1.29 is 14.1 Å². The van der Waals surface area contributed by atoms with E-state index in [1.165, 1.54) is 6.92 Å². The molecule has 1 aliphatic heterocycles. The molecule has 0 fully saturated rings. The average Bonchev–Trinajstić information content (AvgIpc) is 3.13. The van der Waals surface area contributed by atoms with Crippen molar-refractivity contribution in [2.75, 3.05) is 6.54 Å². The SMILES string of the molecule is CC(=O)N[C@@H](C(=O)N1CCc2onc(-c3cccc4ccccc34)c2C1)C(C)C. The highest BCUT2D eigenvalue weighted by Gasteiger charge is 2.33. The molecule has 0 unspecified atom stereocenters. The van der Waals surface area contributed by atoms with Crippen molar-refractivity contribution >= 4 is 22.6 Å². The van der Waals surface area contributed by atoms with Crippen molar-refractivity contribution in [3.63, 3.8) is 0 Å². The van der Waals surface area contributed by atoms with Gasteiger partial charge in [0.1, 0.15) is 17.5 Å². The van der Waals surface area contributed by atoms with Crippen LogP contribution in [0.25, 0.3) is 22.0 Å². The van der Waals surface area contributed by atoms with E-state index in [-0.39, 0.29) is 17.7 Å². The molecule has 2 amide bonds. The normalized spacial score (nSPS) is 14.7. The first-order valence-corrected chi connectivity index (χ1v) is 9.97. The van der Waals surface area contributed by atoms with Crippen molar-refractivity contribution in [1.29, 1.82) is 0 Å². The van der Waals surface area contributed by atoms with Crippen LogP contribution < -0.4 is 5.32 Å². The van der Waals surface area contributed by atoms with Crippen LogP contribution in [0.4, 0.5) is 0 Å². The summed E-state index contributed by atoms with van der Waals surface area (Å²) in [5, 5.41) is 9.39. The van der Waals surface area contributed by atoms with Gasteiger partial charge in [0, 0.05) is 31.0 Å². The molecule has 0 bridgehead atoms. The Morgan fingerprint density at radius 2 is 1.90 bits per heavy atom. The smallest absolute Gasteiger partial charge is 0.245 e. The zero-order chi connectivity index (χ0) is 20.5. The molecule has 0 spiro atoms. The van der Waals surface area contributed by atoms with Gasteiger partial charge in [-0.2, -0.15) is 0 Å². The van der Waals surface area contributed by atoms with Gasteiger partial charge in [0.25, 0.3) is 0 Å². The third-order valence-electron chi connectivity index (χ3n) is 5.48. The third kappa shape index (κ3) is 3.62. The molecular weight excluding hydrogens is 366 g/mol. The molecule has 6 heteroatoms. The van der Waals surface area contributed by atoms with Crippen molar-refractivity contribution in [2.24, 2.45) is 5.92 Å².